The van der Waals surface area contributed by atoms with Gasteiger partial charge in [-0.3, -0.25) is 9.59 Å². The molecule has 0 saturated carbocycles. The quantitative estimate of drug-likeness (QED) is 0.592. The second kappa shape index (κ2) is 9.36. The molecule has 2 rings (SSSR count). The van der Waals surface area contributed by atoms with E-state index in [0.717, 1.165) is 11.1 Å². The molecule has 0 aliphatic rings. The van der Waals surface area contributed by atoms with Crippen LogP contribution in [0.1, 0.15) is 22.8 Å². The zero-order valence-electron chi connectivity index (χ0n) is 14.7. The lowest BCUT2D eigenvalue weighted by Crippen LogP contribution is -2.34. The number of rotatable bonds is 7. The molecule has 26 heavy (non-hydrogen) atoms. The Morgan fingerprint density at radius 2 is 1.54 bits per heavy atom. The number of halogens is 1. The molecule has 0 fully saturated rings. The number of methoxy groups -OCH3 is 1. The summed E-state index contributed by atoms with van der Waals surface area (Å²) in [5.41, 5.74) is 2.02. The van der Waals surface area contributed by atoms with Crippen molar-refractivity contribution >= 4 is 17.4 Å². The molecule has 136 valence electrons. The zero-order valence-corrected chi connectivity index (χ0v) is 14.7. The Balaban J connectivity index is 1.76. The zero-order chi connectivity index (χ0) is 18.9. The van der Waals surface area contributed by atoms with Gasteiger partial charge in [0.2, 0.25) is 5.91 Å². The Morgan fingerprint density at radius 3 is 2.15 bits per heavy atom. The number of benzene rings is 2. The van der Waals surface area contributed by atoms with E-state index in [0.29, 0.717) is 24.4 Å². The van der Waals surface area contributed by atoms with Crippen molar-refractivity contribution in [2.45, 2.75) is 6.92 Å². The van der Waals surface area contributed by atoms with E-state index in [2.05, 4.69) is 10.6 Å². The third-order valence-electron chi connectivity index (χ3n) is 3.71. The van der Waals surface area contributed by atoms with E-state index in [1.165, 1.54) is 18.2 Å². The first-order valence-corrected chi connectivity index (χ1v) is 8.14. The summed E-state index contributed by atoms with van der Waals surface area (Å²) in [5.74, 6) is -0.138. The minimum Gasteiger partial charge on any atom is -0.497 e. The van der Waals surface area contributed by atoms with Crippen LogP contribution >= 0.6 is 0 Å². The summed E-state index contributed by atoms with van der Waals surface area (Å²) >= 11 is 0. The fraction of sp³-hybridized carbons (Fsp3) is 0.200. The minimum atomic E-state index is -0.321. The Kier molecular flexibility index (Phi) is 6.91. The molecular formula is C20H21FN2O3. The van der Waals surface area contributed by atoms with Gasteiger partial charge in [0.05, 0.1) is 7.11 Å². The van der Waals surface area contributed by atoms with Crippen LogP contribution in [0.4, 0.5) is 4.39 Å². The molecule has 6 heteroatoms. The summed E-state index contributed by atoms with van der Waals surface area (Å²) in [4.78, 5) is 23.9. The number of nitrogens with one attached hydrogen (secondary N) is 2. The normalized spacial score (nSPS) is 11.0. The molecule has 2 aromatic carbocycles. The van der Waals surface area contributed by atoms with Crippen LogP contribution in [0.15, 0.2) is 54.6 Å². The highest BCUT2D eigenvalue weighted by Gasteiger charge is 2.05. The predicted molar refractivity (Wildman–Crippen MR) is 98.4 cm³/mol. The fourth-order valence-corrected chi connectivity index (χ4v) is 2.25. The third kappa shape index (κ3) is 5.73. The first-order chi connectivity index (χ1) is 12.5. The van der Waals surface area contributed by atoms with Gasteiger partial charge in [-0.15, -0.1) is 0 Å². The SMILES string of the molecule is COc1ccc(C(=O)NCCNC(=O)/C=C(\C)c2ccc(F)cc2)cc1. The summed E-state index contributed by atoms with van der Waals surface area (Å²) in [7, 11) is 1.56. The smallest absolute Gasteiger partial charge is 0.251 e. The number of hydrogen-bond donors (Lipinski definition) is 2. The molecule has 5 nitrogen and oxygen atoms in total. The van der Waals surface area contributed by atoms with E-state index >= 15 is 0 Å². The van der Waals surface area contributed by atoms with E-state index in [1.54, 1.807) is 50.4 Å². The molecule has 0 aliphatic heterocycles. The largest absolute Gasteiger partial charge is 0.497 e. The van der Waals surface area contributed by atoms with Crippen LogP contribution in [0.5, 0.6) is 5.75 Å². The van der Waals surface area contributed by atoms with E-state index in [4.69, 9.17) is 4.74 Å². The van der Waals surface area contributed by atoms with Crippen LogP contribution in [0, 0.1) is 5.82 Å². The summed E-state index contributed by atoms with van der Waals surface area (Å²) in [6, 6.07) is 12.7. The fourth-order valence-electron chi connectivity index (χ4n) is 2.25. The monoisotopic (exact) mass is 356 g/mol. The first kappa shape index (κ1) is 19.2. The summed E-state index contributed by atoms with van der Waals surface area (Å²) in [6.07, 6.45) is 1.44. The molecule has 0 aromatic heterocycles. The lowest BCUT2D eigenvalue weighted by atomic mass is 10.1. The lowest BCUT2D eigenvalue weighted by Gasteiger charge is -2.07. The molecule has 2 aromatic rings. The van der Waals surface area contributed by atoms with Crippen molar-refractivity contribution in [3.8, 4) is 5.75 Å². The maximum absolute atomic E-state index is 12.9. The molecule has 2 amide bonds. The van der Waals surface area contributed by atoms with Gasteiger partial charge in [-0.25, -0.2) is 4.39 Å². The van der Waals surface area contributed by atoms with Crippen molar-refractivity contribution in [3.05, 3.63) is 71.6 Å². The van der Waals surface area contributed by atoms with Crippen LogP contribution in [0.25, 0.3) is 5.57 Å². The average Bonchev–Trinajstić information content (AvgIpc) is 2.65. The van der Waals surface area contributed by atoms with Gasteiger partial charge >= 0.3 is 0 Å². The number of carbonyl (C=O) groups excluding carboxylic acids is 2. The number of amides is 2. The number of allylic oxidation sites excluding steroid dienone is 1. The van der Waals surface area contributed by atoms with E-state index in [-0.39, 0.29) is 17.6 Å². The Hall–Kier alpha value is -3.15. The summed E-state index contributed by atoms with van der Waals surface area (Å²) < 4.78 is 17.9. The van der Waals surface area contributed by atoms with Crippen molar-refractivity contribution in [3.63, 3.8) is 0 Å². The van der Waals surface area contributed by atoms with Crippen molar-refractivity contribution < 1.29 is 18.7 Å². The van der Waals surface area contributed by atoms with Crippen molar-refractivity contribution in [2.24, 2.45) is 0 Å². The number of ether oxygens (including phenoxy) is 1. The van der Waals surface area contributed by atoms with Crippen molar-refractivity contribution in [1.29, 1.82) is 0 Å². The van der Waals surface area contributed by atoms with Gasteiger partial charge in [0.1, 0.15) is 11.6 Å². The average molecular weight is 356 g/mol. The van der Waals surface area contributed by atoms with Crippen molar-refractivity contribution in [1.82, 2.24) is 10.6 Å². The topological polar surface area (TPSA) is 67.4 Å². The molecule has 2 N–H and O–H groups in total. The van der Waals surface area contributed by atoms with E-state index in [1.807, 2.05) is 0 Å². The van der Waals surface area contributed by atoms with Crippen LogP contribution in [0.2, 0.25) is 0 Å². The second-order valence-corrected chi connectivity index (χ2v) is 5.61. The number of carbonyl (C=O) groups is 2. The molecule has 0 aliphatic carbocycles. The van der Waals surface area contributed by atoms with Gasteiger partial charge in [-0.2, -0.15) is 0 Å². The maximum Gasteiger partial charge on any atom is 0.251 e. The highest BCUT2D eigenvalue weighted by Crippen LogP contribution is 2.13. The van der Waals surface area contributed by atoms with Crippen LogP contribution in [-0.2, 0) is 4.79 Å². The van der Waals surface area contributed by atoms with Gasteiger partial charge in [0.15, 0.2) is 0 Å². The van der Waals surface area contributed by atoms with Crippen LogP contribution < -0.4 is 15.4 Å². The predicted octanol–water partition coefficient (Wildman–Crippen LogP) is 2.78. The minimum absolute atomic E-state index is 0.222. The highest BCUT2D eigenvalue weighted by atomic mass is 19.1. The maximum atomic E-state index is 12.9. The lowest BCUT2D eigenvalue weighted by molar-refractivity contribution is -0.116. The first-order valence-electron chi connectivity index (χ1n) is 8.14. The number of hydrogen-bond acceptors (Lipinski definition) is 3. The third-order valence-corrected chi connectivity index (χ3v) is 3.71. The molecular weight excluding hydrogens is 335 g/mol. The van der Waals surface area contributed by atoms with Crippen molar-refractivity contribution in [2.75, 3.05) is 20.2 Å². The Bertz CT molecular complexity index is 784. The Morgan fingerprint density at radius 1 is 0.962 bits per heavy atom. The van der Waals surface area contributed by atoms with Gasteiger partial charge in [0, 0.05) is 24.7 Å². The van der Waals surface area contributed by atoms with Crippen LogP contribution in [-0.4, -0.2) is 32.0 Å². The molecule has 0 radical (unpaired) electrons. The molecule has 0 unspecified atom stereocenters. The molecule has 0 saturated heterocycles. The van der Waals surface area contributed by atoms with Crippen LogP contribution in [0.3, 0.4) is 0 Å². The van der Waals surface area contributed by atoms with Gasteiger partial charge in [-0.05, 0) is 54.5 Å². The molecule has 0 bridgehead atoms. The highest BCUT2D eigenvalue weighted by molar-refractivity contribution is 5.95. The summed E-state index contributed by atoms with van der Waals surface area (Å²) in [6.45, 7) is 2.38. The molecule has 0 spiro atoms. The standard InChI is InChI=1S/C20H21FN2O3/c1-14(15-3-7-17(21)8-4-15)13-19(24)22-11-12-23-20(25)16-5-9-18(26-2)10-6-16/h3-10,13H,11-12H2,1-2H3,(H,22,24)(H,23,25)/b14-13+. The molecule has 0 atom stereocenters. The molecule has 0 heterocycles. The van der Waals surface area contributed by atoms with Gasteiger partial charge in [-0.1, -0.05) is 12.1 Å². The van der Waals surface area contributed by atoms with Gasteiger partial charge in [0.25, 0.3) is 5.91 Å². The summed E-state index contributed by atoms with van der Waals surface area (Å²) in [5, 5.41) is 5.42. The second-order valence-electron chi connectivity index (χ2n) is 5.61. The van der Waals surface area contributed by atoms with Gasteiger partial charge < -0.3 is 15.4 Å². The Labute approximate surface area is 151 Å². The van der Waals surface area contributed by atoms with E-state index in [9.17, 15) is 14.0 Å². The van der Waals surface area contributed by atoms with E-state index < -0.39 is 0 Å².